The molecule has 0 aliphatic carbocycles. The highest BCUT2D eigenvalue weighted by Crippen LogP contribution is 2.36. The van der Waals surface area contributed by atoms with Crippen LogP contribution in [0.1, 0.15) is 22.8 Å². The fourth-order valence-electron chi connectivity index (χ4n) is 2.76. The molecule has 0 saturated carbocycles. The Hall–Kier alpha value is -3.43. The summed E-state index contributed by atoms with van der Waals surface area (Å²) in [5, 5.41) is 7.13. The molecule has 176 valence electrons. The van der Waals surface area contributed by atoms with E-state index in [4.69, 9.17) is 21.1 Å². The molecule has 0 atom stereocenters. The summed E-state index contributed by atoms with van der Waals surface area (Å²) in [5.74, 6) is -0.483. The van der Waals surface area contributed by atoms with Gasteiger partial charge in [-0.1, -0.05) is 11.6 Å². The van der Waals surface area contributed by atoms with Crippen LogP contribution in [0.3, 0.4) is 0 Å². The Labute approximate surface area is 209 Å². The maximum atomic E-state index is 13.0. The smallest absolute Gasteiger partial charge is 0.271 e. The Morgan fingerprint density at radius 3 is 2.47 bits per heavy atom. The lowest BCUT2D eigenvalue weighted by molar-refractivity contribution is -0.118. The molecule has 0 aliphatic rings. The fourth-order valence-corrected chi connectivity index (χ4v) is 3.46. The van der Waals surface area contributed by atoms with E-state index >= 15 is 0 Å². The minimum absolute atomic E-state index is 0.291. The van der Waals surface area contributed by atoms with Crippen molar-refractivity contribution in [2.75, 3.05) is 18.5 Å². The van der Waals surface area contributed by atoms with E-state index < -0.39 is 11.7 Å². The van der Waals surface area contributed by atoms with Crippen molar-refractivity contribution in [3.63, 3.8) is 0 Å². The van der Waals surface area contributed by atoms with Crippen molar-refractivity contribution in [2.45, 2.75) is 6.92 Å². The lowest BCUT2D eigenvalue weighted by Gasteiger charge is -2.14. The Bertz CT molecular complexity index is 1190. The molecule has 0 saturated heterocycles. The Kier molecular flexibility index (Phi) is 9.00. The van der Waals surface area contributed by atoms with Gasteiger partial charge in [0, 0.05) is 16.3 Å². The molecule has 0 fully saturated rings. The highest BCUT2D eigenvalue weighted by Gasteiger charge is 2.14. The highest BCUT2D eigenvalue weighted by atomic mass is 79.9. The normalized spacial score (nSPS) is 10.7. The molecule has 0 aliphatic heterocycles. The molecule has 7 nitrogen and oxygen atoms in total. The largest absolute Gasteiger partial charge is 0.490 e. The zero-order valence-electron chi connectivity index (χ0n) is 18.0. The van der Waals surface area contributed by atoms with E-state index in [0.717, 1.165) is 0 Å². The maximum absolute atomic E-state index is 13.0. The van der Waals surface area contributed by atoms with Crippen molar-refractivity contribution in [1.29, 1.82) is 0 Å². The molecular weight excluding hydrogens is 529 g/mol. The van der Waals surface area contributed by atoms with Gasteiger partial charge in [0.15, 0.2) is 18.1 Å². The second kappa shape index (κ2) is 12.2. The molecule has 3 aromatic rings. The molecule has 0 spiro atoms. The highest BCUT2D eigenvalue weighted by molar-refractivity contribution is 9.10. The summed E-state index contributed by atoms with van der Waals surface area (Å²) in [6, 6.07) is 15.2. The van der Waals surface area contributed by atoms with E-state index in [0.29, 0.717) is 44.4 Å². The van der Waals surface area contributed by atoms with Crippen molar-refractivity contribution < 1.29 is 23.5 Å². The monoisotopic (exact) mass is 547 g/mol. The van der Waals surface area contributed by atoms with Gasteiger partial charge in [-0.25, -0.2) is 9.82 Å². The van der Waals surface area contributed by atoms with Crippen LogP contribution in [0.4, 0.5) is 10.1 Å². The van der Waals surface area contributed by atoms with Crippen LogP contribution in [0, 0.1) is 5.82 Å². The van der Waals surface area contributed by atoms with Crippen LogP contribution >= 0.6 is 27.5 Å². The van der Waals surface area contributed by atoms with Gasteiger partial charge in [0.05, 0.1) is 17.3 Å². The number of anilines is 1. The van der Waals surface area contributed by atoms with Crippen LogP contribution in [0.25, 0.3) is 0 Å². The molecule has 0 bridgehead atoms. The minimum atomic E-state index is -0.420. The number of hydrogen-bond donors (Lipinski definition) is 2. The lowest BCUT2D eigenvalue weighted by Crippen LogP contribution is -2.20. The van der Waals surface area contributed by atoms with Crippen LogP contribution in [-0.2, 0) is 4.79 Å². The third-order valence-corrected chi connectivity index (χ3v) is 5.13. The van der Waals surface area contributed by atoms with Gasteiger partial charge in [-0.05, 0) is 89.1 Å². The predicted molar refractivity (Wildman–Crippen MR) is 132 cm³/mol. The fraction of sp³-hybridized carbons (Fsp3) is 0.125. The van der Waals surface area contributed by atoms with E-state index in [1.54, 1.807) is 36.4 Å². The summed E-state index contributed by atoms with van der Waals surface area (Å²) in [6.07, 6.45) is 1.45. The molecule has 3 aromatic carbocycles. The van der Waals surface area contributed by atoms with E-state index in [1.807, 2.05) is 6.92 Å². The van der Waals surface area contributed by atoms with Gasteiger partial charge in [0.1, 0.15) is 5.82 Å². The van der Waals surface area contributed by atoms with Gasteiger partial charge in [0.2, 0.25) is 0 Å². The van der Waals surface area contributed by atoms with Crippen LogP contribution in [0.5, 0.6) is 11.5 Å². The predicted octanol–water partition coefficient (Wildman–Crippen LogP) is 5.42. The van der Waals surface area contributed by atoms with Crippen molar-refractivity contribution in [2.24, 2.45) is 5.10 Å². The second-order valence-electron chi connectivity index (χ2n) is 6.81. The van der Waals surface area contributed by atoms with E-state index in [-0.39, 0.29) is 12.5 Å². The number of rotatable bonds is 9. The lowest BCUT2D eigenvalue weighted by atomic mass is 10.2. The van der Waals surface area contributed by atoms with Gasteiger partial charge in [-0.15, -0.1) is 0 Å². The number of nitrogens with one attached hydrogen (secondary N) is 2. The zero-order chi connectivity index (χ0) is 24.5. The van der Waals surface area contributed by atoms with Crippen molar-refractivity contribution >= 4 is 51.2 Å². The Balaban J connectivity index is 1.65. The van der Waals surface area contributed by atoms with E-state index in [1.165, 1.54) is 30.5 Å². The second-order valence-corrected chi connectivity index (χ2v) is 8.10. The SMILES string of the molecule is CCOc1cc(/C=N\NC(=O)c2ccc(Cl)cc2)cc(Br)c1OCC(=O)Nc1ccc(F)cc1. The number of amides is 2. The number of hydrogen-bond acceptors (Lipinski definition) is 5. The number of carbonyl (C=O) groups is 2. The topological polar surface area (TPSA) is 89.0 Å². The molecule has 34 heavy (non-hydrogen) atoms. The maximum Gasteiger partial charge on any atom is 0.271 e. The summed E-state index contributed by atoms with van der Waals surface area (Å²) >= 11 is 9.24. The van der Waals surface area contributed by atoms with Gasteiger partial charge < -0.3 is 14.8 Å². The molecule has 2 N–H and O–H groups in total. The number of halogens is 3. The number of hydrazone groups is 1. The third-order valence-electron chi connectivity index (χ3n) is 4.29. The first kappa shape index (κ1) is 25.2. The number of nitrogens with zero attached hydrogens (tertiary/aromatic N) is 1. The number of benzene rings is 3. The number of carbonyl (C=O) groups excluding carboxylic acids is 2. The average Bonchev–Trinajstić information content (AvgIpc) is 2.80. The third kappa shape index (κ3) is 7.29. The zero-order valence-corrected chi connectivity index (χ0v) is 20.3. The first-order valence-corrected chi connectivity index (χ1v) is 11.3. The average molecular weight is 549 g/mol. The van der Waals surface area contributed by atoms with Gasteiger partial charge in [-0.3, -0.25) is 9.59 Å². The Morgan fingerprint density at radius 2 is 1.79 bits per heavy atom. The summed E-state index contributed by atoms with van der Waals surface area (Å²) in [4.78, 5) is 24.4. The first-order chi connectivity index (χ1) is 16.4. The molecule has 0 aromatic heterocycles. The van der Waals surface area contributed by atoms with Crippen LogP contribution in [0.15, 0.2) is 70.2 Å². The van der Waals surface area contributed by atoms with Crippen molar-refractivity contribution in [1.82, 2.24) is 5.43 Å². The standard InChI is InChI=1S/C24H20BrClFN3O4/c1-2-33-21-12-15(13-28-30-24(32)16-3-5-17(26)6-4-16)11-20(25)23(21)34-14-22(31)29-19-9-7-18(27)8-10-19/h3-13H,2,14H2,1H3,(H,29,31)(H,30,32)/b28-13-. The van der Waals surface area contributed by atoms with E-state index in [9.17, 15) is 14.0 Å². The van der Waals surface area contributed by atoms with Crippen LogP contribution < -0.4 is 20.2 Å². The van der Waals surface area contributed by atoms with Crippen LogP contribution in [-0.4, -0.2) is 31.2 Å². The molecular formula is C24H20BrClFN3O4. The summed E-state index contributed by atoms with van der Waals surface area (Å²) in [7, 11) is 0. The summed E-state index contributed by atoms with van der Waals surface area (Å²) < 4.78 is 24.8. The van der Waals surface area contributed by atoms with Gasteiger partial charge >= 0.3 is 0 Å². The van der Waals surface area contributed by atoms with Crippen molar-refractivity contribution in [3.8, 4) is 11.5 Å². The Morgan fingerprint density at radius 1 is 1.09 bits per heavy atom. The first-order valence-electron chi connectivity index (χ1n) is 10.1. The molecule has 0 unspecified atom stereocenters. The summed E-state index contributed by atoms with van der Waals surface area (Å²) in [6.45, 7) is 1.88. The number of ether oxygens (including phenoxy) is 2. The quantitative estimate of drug-likeness (QED) is 0.276. The molecule has 10 heteroatoms. The van der Waals surface area contributed by atoms with Gasteiger partial charge in [0.25, 0.3) is 11.8 Å². The van der Waals surface area contributed by atoms with E-state index in [2.05, 4.69) is 31.8 Å². The van der Waals surface area contributed by atoms with Crippen molar-refractivity contribution in [3.05, 3.63) is 87.1 Å². The van der Waals surface area contributed by atoms with Gasteiger partial charge in [-0.2, -0.15) is 5.10 Å². The molecule has 0 heterocycles. The molecule has 2 amide bonds. The minimum Gasteiger partial charge on any atom is -0.490 e. The molecule has 3 rings (SSSR count). The molecule has 0 radical (unpaired) electrons. The summed E-state index contributed by atoms with van der Waals surface area (Å²) in [5.41, 5.74) is 3.93. The van der Waals surface area contributed by atoms with Crippen LogP contribution in [0.2, 0.25) is 5.02 Å².